The van der Waals surface area contributed by atoms with Gasteiger partial charge in [0.05, 0.1) is 24.2 Å². The highest BCUT2D eigenvalue weighted by Crippen LogP contribution is 2.12. The van der Waals surface area contributed by atoms with E-state index in [0.29, 0.717) is 22.8 Å². The molecule has 0 fully saturated rings. The van der Waals surface area contributed by atoms with Crippen LogP contribution >= 0.6 is 0 Å². The Morgan fingerprint density at radius 3 is 2.59 bits per heavy atom. The Kier molecular flexibility index (Phi) is 5.10. The molecular weight excluding hydrogens is 394 g/mol. The highest BCUT2D eigenvalue weighted by molar-refractivity contribution is 7.89. The van der Waals surface area contributed by atoms with Gasteiger partial charge in [0.25, 0.3) is 5.91 Å². The molecule has 0 atom stereocenters. The van der Waals surface area contributed by atoms with Crippen molar-refractivity contribution in [2.75, 3.05) is 0 Å². The van der Waals surface area contributed by atoms with Crippen molar-refractivity contribution in [3.63, 3.8) is 0 Å². The van der Waals surface area contributed by atoms with E-state index in [1.54, 1.807) is 16.5 Å². The number of pyridine rings is 1. The van der Waals surface area contributed by atoms with E-state index >= 15 is 0 Å². The van der Waals surface area contributed by atoms with Crippen LogP contribution in [0.1, 0.15) is 21.9 Å². The Bertz CT molecular complexity index is 1230. The first-order chi connectivity index (χ1) is 14.0. The Morgan fingerprint density at radius 1 is 1.00 bits per heavy atom. The molecule has 10 heteroatoms. The van der Waals surface area contributed by atoms with Crippen molar-refractivity contribution in [2.24, 2.45) is 0 Å². The largest absolute Gasteiger partial charge is 0.468 e. The van der Waals surface area contributed by atoms with E-state index < -0.39 is 10.0 Å². The molecule has 3 heterocycles. The summed E-state index contributed by atoms with van der Waals surface area (Å²) in [6, 6.07) is 14.5. The minimum absolute atomic E-state index is 0.0455. The molecule has 29 heavy (non-hydrogen) atoms. The Hall–Kier alpha value is -3.50. The zero-order valence-electron chi connectivity index (χ0n) is 15.1. The van der Waals surface area contributed by atoms with E-state index in [2.05, 4.69) is 20.2 Å². The number of furan rings is 1. The number of hydrogen-bond donors (Lipinski definition) is 2. The van der Waals surface area contributed by atoms with Crippen LogP contribution in [-0.2, 0) is 23.1 Å². The van der Waals surface area contributed by atoms with Crippen molar-refractivity contribution in [1.29, 1.82) is 0 Å². The average molecular weight is 411 g/mol. The third kappa shape index (κ3) is 4.18. The molecule has 9 nitrogen and oxygen atoms in total. The van der Waals surface area contributed by atoms with Gasteiger partial charge < -0.3 is 9.73 Å². The molecule has 1 amide bonds. The van der Waals surface area contributed by atoms with Gasteiger partial charge in [0.15, 0.2) is 11.5 Å². The molecule has 1 aromatic carbocycles. The van der Waals surface area contributed by atoms with Crippen LogP contribution in [0.25, 0.3) is 5.65 Å². The normalized spacial score (nSPS) is 11.6. The lowest BCUT2D eigenvalue weighted by atomic mass is 10.2. The van der Waals surface area contributed by atoms with E-state index in [4.69, 9.17) is 4.42 Å². The van der Waals surface area contributed by atoms with Crippen molar-refractivity contribution >= 4 is 21.6 Å². The van der Waals surface area contributed by atoms with Crippen LogP contribution in [0.15, 0.2) is 76.4 Å². The molecule has 0 saturated carbocycles. The van der Waals surface area contributed by atoms with Crippen molar-refractivity contribution < 1.29 is 17.6 Å². The maximum atomic E-state index is 12.4. The van der Waals surface area contributed by atoms with Crippen molar-refractivity contribution in [2.45, 2.75) is 18.0 Å². The number of aromatic nitrogens is 3. The second-order valence-corrected chi connectivity index (χ2v) is 7.92. The Morgan fingerprint density at radius 2 is 1.83 bits per heavy atom. The van der Waals surface area contributed by atoms with Gasteiger partial charge in [-0.3, -0.25) is 9.20 Å². The van der Waals surface area contributed by atoms with Crippen LogP contribution in [0.5, 0.6) is 0 Å². The second-order valence-electron chi connectivity index (χ2n) is 6.16. The summed E-state index contributed by atoms with van der Waals surface area (Å²) in [6.07, 6.45) is 3.28. The van der Waals surface area contributed by atoms with Crippen molar-refractivity contribution in [3.05, 3.63) is 84.2 Å². The lowest BCUT2D eigenvalue weighted by molar-refractivity contribution is 0.0949. The van der Waals surface area contributed by atoms with Gasteiger partial charge in [-0.1, -0.05) is 6.07 Å². The highest BCUT2D eigenvalue weighted by atomic mass is 32.2. The Labute approximate surface area is 166 Å². The molecule has 3 aromatic heterocycles. The zero-order valence-corrected chi connectivity index (χ0v) is 16.0. The number of hydrogen-bond acceptors (Lipinski definition) is 6. The van der Waals surface area contributed by atoms with E-state index in [1.807, 2.05) is 24.4 Å². The van der Waals surface area contributed by atoms with Crippen LogP contribution < -0.4 is 10.0 Å². The first kappa shape index (κ1) is 18.8. The molecule has 0 saturated heterocycles. The quantitative estimate of drug-likeness (QED) is 0.478. The van der Waals surface area contributed by atoms with Crippen LogP contribution in [-0.4, -0.2) is 28.9 Å². The minimum atomic E-state index is -3.71. The summed E-state index contributed by atoms with van der Waals surface area (Å²) >= 11 is 0. The van der Waals surface area contributed by atoms with Crippen LogP contribution in [0.2, 0.25) is 0 Å². The fourth-order valence-electron chi connectivity index (χ4n) is 2.72. The molecule has 0 aliphatic rings. The van der Waals surface area contributed by atoms with Gasteiger partial charge in [-0.15, -0.1) is 10.2 Å². The van der Waals surface area contributed by atoms with Gasteiger partial charge >= 0.3 is 0 Å². The maximum absolute atomic E-state index is 12.4. The third-order valence-electron chi connectivity index (χ3n) is 4.23. The maximum Gasteiger partial charge on any atom is 0.251 e. The number of benzene rings is 1. The van der Waals surface area contributed by atoms with Gasteiger partial charge in [0.1, 0.15) is 5.76 Å². The number of fused-ring (bicyclic) bond motifs is 1. The number of carbonyl (C=O) groups is 1. The van der Waals surface area contributed by atoms with Crippen molar-refractivity contribution in [3.8, 4) is 0 Å². The summed E-state index contributed by atoms with van der Waals surface area (Å²) in [7, 11) is -3.71. The van der Waals surface area contributed by atoms with Gasteiger partial charge in [-0.05, 0) is 48.5 Å². The zero-order chi connectivity index (χ0) is 20.3. The van der Waals surface area contributed by atoms with E-state index in [-0.39, 0.29) is 23.9 Å². The van der Waals surface area contributed by atoms with Crippen LogP contribution in [0.3, 0.4) is 0 Å². The number of sulfonamides is 1. The molecule has 4 aromatic rings. The molecular formula is C19H17N5O4S. The molecule has 0 aliphatic carbocycles. The molecule has 148 valence electrons. The number of amides is 1. The highest BCUT2D eigenvalue weighted by Gasteiger charge is 2.16. The summed E-state index contributed by atoms with van der Waals surface area (Å²) < 4.78 is 34.0. The fourth-order valence-corrected chi connectivity index (χ4v) is 3.71. The summed E-state index contributed by atoms with van der Waals surface area (Å²) in [4.78, 5) is 12.4. The van der Waals surface area contributed by atoms with E-state index in [0.717, 1.165) is 0 Å². The molecule has 4 rings (SSSR count). The van der Waals surface area contributed by atoms with Crippen LogP contribution in [0, 0.1) is 0 Å². The molecule has 0 unspecified atom stereocenters. The lowest BCUT2D eigenvalue weighted by Crippen LogP contribution is -2.25. The lowest BCUT2D eigenvalue weighted by Gasteiger charge is -2.07. The minimum Gasteiger partial charge on any atom is -0.468 e. The number of carbonyl (C=O) groups excluding carboxylic acids is 1. The van der Waals surface area contributed by atoms with Gasteiger partial charge in [0.2, 0.25) is 10.0 Å². The first-order valence-corrected chi connectivity index (χ1v) is 10.2. The van der Waals surface area contributed by atoms with E-state index in [9.17, 15) is 13.2 Å². The fraction of sp³-hybridized carbons (Fsp3) is 0.105. The van der Waals surface area contributed by atoms with E-state index in [1.165, 1.54) is 30.5 Å². The third-order valence-corrected chi connectivity index (χ3v) is 5.65. The van der Waals surface area contributed by atoms with Gasteiger partial charge in [-0.2, -0.15) is 0 Å². The molecule has 0 bridgehead atoms. The molecule has 2 N–H and O–H groups in total. The van der Waals surface area contributed by atoms with Crippen molar-refractivity contribution in [1.82, 2.24) is 24.6 Å². The predicted molar refractivity (Wildman–Crippen MR) is 103 cm³/mol. The predicted octanol–water partition coefficient (Wildman–Crippen LogP) is 1.73. The topological polar surface area (TPSA) is 119 Å². The summed E-state index contributed by atoms with van der Waals surface area (Å²) in [6.45, 7) is 0.235. The van der Waals surface area contributed by atoms with Crippen LogP contribution in [0.4, 0.5) is 0 Å². The average Bonchev–Trinajstić information content (AvgIpc) is 3.41. The SMILES string of the molecule is O=C(NCc1nnc2ccccn12)c1ccc(S(=O)(=O)NCc2ccco2)cc1. The molecule has 0 spiro atoms. The summed E-state index contributed by atoms with van der Waals surface area (Å²) in [5, 5.41) is 10.8. The summed E-state index contributed by atoms with van der Waals surface area (Å²) in [5.41, 5.74) is 1.03. The first-order valence-electron chi connectivity index (χ1n) is 8.72. The number of nitrogens with one attached hydrogen (secondary N) is 2. The number of nitrogens with zero attached hydrogens (tertiary/aromatic N) is 3. The monoisotopic (exact) mass is 411 g/mol. The van der Waals surface area contributed by atoms with Gasteiger partial charge in [-0.25, -0.2) is 13.1 Å². The number of rotatable bonds is 7. The second kappa shape index (κ2) is 7.86. The summed E-state index contributed by atoms with van der Waals surface area (Å²) in [5.74, 6) is 0.756. The van der Waals surface area contributed by atoms with Gasteiger partial charge in [0, 0.05) is 11.8 Å². The standard InChI is InChI=1S/C19H17N5O4S/c25-19(20-13-18-23-22-17-5-1-2-10-24(17)18)14-6-8-16(9-7-14)29(26,27)21-12-15-4-3-11-28-15/h1-11,21H,12-13H2,(H,20,25). The molecule has 0 aliphatic heterocycles. The molecule has 0 radical (unpaired) electrons. The smallest absolute Gasteiger partial charge is 0.251 e. The Balaban J connectivity index is 1.39.